The lowest BCUT2D eigenvalue weighted by molar-refractivity contribution is -0.384. The van der Waals surface area contributed by atoms with Gasteiger partial charge in [-0.25, -0.2) is 0 Å². The zero-order valence-corrected chi connectivity index (χ0v) is 18.9. The molecule has 0 spiro atoms. The van der Waals surface area contributed by atoms with E-state index in [1.807, 2.05) is 52.9 Å². The first-order valence-corrected chi connectivity index (χ1v) is 11.4. The minimum absolute atomic E-state index is 0.00958. The van der Waals surface area contributed by atoms with Gasteiger partial charge in [0.1, 0.15) is 5.75 Å². The number of para-hydroxylation sites is 1. The second-order valence-electron chi connectivity index (χ2n) is 7.55. The van der Waals surface area contributed by atoms with Crippen LogP contribution in [-0.4, -0.2) is 31.2 Å². The van der Waals surface area contributed by atoms with Crippen LogP contribution in [0.2, 0.25) is 0 Å². The minimum Gasteiger partial charge on any atom is -0.496 e. The highest BCUT2D eigenvalue weighted by Crippen LogP contribution is 2.31. The molecule has 2 aromatic heterocycles. The summed E-state index contributed by atoms with van der Waals surface area (Å²) in [7, 11) is 1.53. The molecule has 5 aromatic rings. The Kier molecular flexibility index (Phi) is 5.72. The molecule has 5 rings (SSSR count). The molecule has 2 heterocycles. The topological polar surface area (TPSA) is 105 Å². The quantitative estimate of drug-likeness (QED) is 0.197. The van der Waals surface area contributed by atoms with Gasteiger partial charge in [-0.05, 0) is 23.8 Å². The third-order valence-electron chi connectivity index (χ3n) is 5.49. The summed E-state index contributed by atoms with van der Waals surface area (Å²) in [6.07, 6.45) is 0. The van der Waals surface area contributed by atoms with Crippen LogP contribution < -0.4 is 10.3 Å². The van der Waals surface area contributed by atoms with E-state index in [-0.39, 0.29) is 11.2 Å². The summed E-state index contributed by atoms with van der Waals surface area (Å²) < 4.78 is 8.85. The van der Waals surface area contributed by atoms with Crippen molar-refractivity contribution in [2.75, 3.05) is 7.11 Å². The molecule has 0 radical (unpaired) electrons. The van der Waals surface area contributed by atoms with Gasteiger partial charge < -0.3 is 4.74 Å². The zero-order valence-electron chi connectivity index (χ0n) is 18.1. The van der Waals surface area contributed by atoms with Gasteiger partial charge in [0.15, 0.2) is 5.16 Å². The van der Waals surface area contributed by atoms with Crippen molar-refractivity contribution in [2.24, 2.45) is 0 Å². The maximum atomic E-state index is 13.3. The number of ether oxygens (including phenoxy) is 1. The van der Waals surface area contributed by atoms with Crippen molar-refractivity contribution in [1.29, 1.82) is 0 Å². The highest BCUT2D eigenvalue weighted by Gasteiger charge is 2.18. The average Bonchev–Trinajstić information content (AvgIpc) is 3.29. The highest BCUT2D eigenvalue weighted by molar-refractivity contribution is 7.98. The molecule has 0 aliphatic rings. The fourth-order valence-corrected chi connectivity index (χ4v) is 4.79. The summed E-state index contributed by atoms with van der Waals surface area (Å²) in [6, 6.07) is 21.5. The fourth-order valence-electron chi connectivity index (χ4n) is 3.87. The van der Waals surface area contributed by atoms with Crippen LogP contribution in [0.4, 0.5) is 5.69 Å². The van der Waals surface area contributed by atoms with E-state index in [2.05, 4.69) is 10.2 Å². The molecule has 0 atom stereocenters. The number of hydrogen-bond donors (Lipinski definition) is 0. The van der Waals surface area contributed by atoms with Crippen LogP contribution in [0.5, 0.6) is 5.75 Å². The molecule has 0 amide bonds. The molecule has 10 heteroatoms. The molecule has 0 N–H and O–H groups in total. The molecule has 0 aliphatic heterocycles. The van der Waals surface area contributed by atoms with E-state index in [1.54, 1.807) is 16.7 Å². The van der Waals surface area contributed by atoms with Gasteiger partial charge in [0.25, 0.3) is 11.2 Å². The van der Waals surface area contributed by atoms with Gasteiger partial charge in [-0.2, -0.15) is 0 Å². The highest BCUT2D eigenvalue weighted by atomic mass is 32.2. The molecule has 34 heavy (non-hydrogen) atoms. The van der Waals surface area contributed by atoms with E-state index < -0.39 is 4.92 Å². The van der Waals surface area contributed by atoms with Crippen molar-refractivity contribution in [3.8, 4) is 5.75 Å². The van der Waals surface area contributed by atoms with E-state index in [0.717, 1.165) is 5.56 Å². The Morgan fingerprint density at radius 1 is 1.03 bits per heavy atom. The van der Waals surface area contributed by atoms with E-state index in [1.165, 1.54) is 31.0 Å². The monoisotopic (exact) mass is 473 g/mol. The van der Waals surface area contributed by atoms with Gasteiger partial charge in [0.2, 0.25) is 5.78 Å². The van der Waals surface area contributed by atoms with Crippen LogP contribution in [0.15, 0.2) is 82.7 Å². The lowest BCUT2D eigenvalue weighted by atomic mass is 10.2. The molecular formula is C24H19N5O4S. The molecule has 0 fully saturated rings. The lowest BCUT2D eigenvalue weighted by Gasteiger charge is -2.12. The van der Waals surface area contributed by atoms with E-state index in [9.17, 15) is 14.9 Å². The first-order valence-electron chi connectivity index (χ1n) is 10.4. The van der Waals surface area contributed by atoms with Crippen LogP contribution in [0.3, 0.4) is 0 Å². The smallest absolute Gasteiger partial charge is 0.270 e. The number of nitro groups is 1. The molecule has 0 saturated carbocycles. The summed E-state index contributed by atoms with van der Waals surface area (Å²) in [5.74, 6) is 1.36. The largest absolute Gasteiger partial charge is 0.496 e. The lowest BCUT2D eigenvalue weighted by Crippen LogP contribution is -2.24. The number of non-ortho nitro benzene ring substituents is 1. The first kappa shape index (κ1) is 21.7. The summed E-state index contributed by atoms with van der Waals surface area (Å²) in [6.45, 7) is 0.357. The van der Waals surface area contributed by atoms with Crippen LogP contribution >= 0.6 is 11.8 Å². The number of methoxy groups -OCH3 is 1. The summed E-state index contributed by atoms with van der Waals surface area (Å²) >= 11 is 1.37. The second kappa shape index (κ2) is 8.99. The van der Waals surface area contributed by atoms with Crippen molar-refractivity contribution >= 4 is 34.1 Å². The van der Waals surface area contributed by atoms with Gasteiger partial charge in [-0.1, -0.05) is 54.2 Å². The predicted octanol–water partition coefficient (Wildman–Crippen LogP) is 4.30. The van der Waals surface area contributed by atoms with Crippen molar-refractivity contribution < 1.29 is 9.66 Å². The average molecular weight is 474 g/mol. The number of rotatable bonds is 7. The number of nitro benzene ring substituents is 1. The van der Waals surface area contributed by atoms with Gasteiger partial charge in [0.05, 0.1) is 29.5 Å². The Morgan fingerprint density at radius 3 is 2.56 bits per heavy atom. The SMILES string of the molecule is COc1ccc([N+](=O)[O-])cc1CSc1nnc2n(Cc3ccccc3)c(=O)c3ccccc3n12. The Labute approximate surface area is 197 Å². The molecule has 3 aromatic carbocycles. The van der Waals surface area contributed by atoms with Crippen LogP contribution in [-0.2, 0) is 12.3 Å². The van der Waals surface area contributed by atoms with Crippen LogP contribution in [0.1, 0.15) is 11.1 Å². The van der Waals surface area contributed by atoms with Gasteiger partial charge in [-0.15, -0.1) is 10.2 Å². The third kappa shape index (κ3) is 3.88. The molecule has 0 saturated heterocycles. The van der Waals surface area contributed by atoms with E-state index in [0.29, 0.717) is 45.4 Å². The molecule has 9 nitrogen and oxygen atoms in total. The summed E-state index contributed by atoms with van der Waals surface area (Å²) in [5.41, 5.74) is 2.19. The number of nitrogens with zero attached hydrogens (tertiary/aromatic N) is 5. The van der Waals surface area contributed by atoms with Crippen molar-refractivity contribution in [1.82, 2.24) is 19.2 Å². The maximum absolute atomic E-state index is 13.3. The minimum atomic E-state index is -0.435. The number of hydrogen-bond acceptors (Lipinski definition) is 7. The van der Waals surface area contributed by atoms with Crippen molar-refractivity contribution in [3.05, 3.63) is 104 Å². The molecule has 0 unspecified atom stereocenters. The zero-order chi connectivity index (χ0) is 23.7. The van der Waals surface area contributed by atoms with Crippen LogP contribution in [0, 0.1) is 10.1 Å². The van der Waals surface area contributed by atoms with Gasteiger partial charge in [-0.3, -0.25) is 23.9 Å². The Morgan fingerprint density at radius 2 is 1.79 bits per heavy atom. The number of aromatic nitrogens is 4. The summed E-state index contributed by atoms with van der Waals surface area (Å²) in [5, 5.41) is 21.1. The molecule has 0 bridgehead atoms. The van der Waals surface area contributed by atoms with Crippen molar-refractivity contribution in [3.63, 3.8) is 0 Å². The maximum Gasteiger partial charge on any atom is 0.270 e. The van der Waals surface area contributed by atoms with Crippen LogP contribution in [0.25, 0.3) is 16.7 Å². The number of thioether (sulfide) groups is 1. The standard InChI is InChI=1S/C24H19N5O4S/c1-33-21-12-11-18(29(31)32)13-17(21)15-34-24-26-25-23-27(14-16-7-3-2-4-8-16)22(30)19-9-5-6-10-20(19)28(23)24/h2-13H,14-15H2,1H3. The Bertz CT molecular complexity index is 1580. The fraction of sp³-hybridized carbons (Fsp3) is 0.125. The molecule has 170 valence electrons. The molecular weight excluding hydrogens is 454 g/mol. The third-order valence-corrected chi connectivity index (χ3v) is 6.47. The van der Waals surface area contributed by atoms with Gasteiger partial charge in [0, 0.05) is 23.4 Å². The Balaban J connectivity index is 1.61. The van der Waals surface area contributed by atoms with Gasteiger partial charge >= 0.3 is 0 Å². The first-order chi connectivity index (χ1) is 16.6. The second-order valence-corrected chi connectivity index (χ2v) is 8.50. The predicted molar refractivity (Wildman–Crippen MR) is 130 cm³/mol. The normalized spacial score (nSPS) is 11.2. The van der Waals surface area contributed by atoms with Crippen molar-refractivity contribution in [2.45, 2.75) is 17.5 Å². The van der Waals surface area contributed by atoms with E-state index in [4.69, 9.17) is 4.74 Å². The summed E-state index contributed by atoms with van der Waals surface area (Å²) in [4.78, 5) is 24.1. The number of benzene rings is 3. The Hall–Kier alpha value is -4.18. The number of fused-ring (bicyclic) bond motifs is 3. The van der Waals surface area contributed by atoms with E-state index >= 15 is 0 Å². The molecule has 0 aliphatic carbocycles.